The summed E-state index contributed by atoms with van der Waals surface area (Å²) in [6.45, 7) is 3.49. The number of nitriles is 1. The van der Waals surface area contributed by atoms with Crippen LogP contribution in [0.2, 0.25) is 0 Å². The first-order chi connectivity index (χ1) is 17.0. The fourth-order valence-corrected chi connectivity index (χ4v) is 4.64. The highest BCUT2D eigenvalue weighted by atomic mass is 16.1. The minimum absolute atomic E-state index is 0.267. The number of fused-ring (bicyclic) bond motifs is 1. The lowest BCUT2D eigenvalue weighted by Gasteiger charge is -2.27. The molecule has 1 fully saturated rings. The Hall–Kier alpha value is -4.57. The SMILES string of the molecule is C=CC(=O)Nc1ccc(-c2c(-c3ccc(NC4CCC4)cc3)c3c(N)ncc(C#N)c3n2C)cc1. The number of carbonyl (C=O) groups excluding carboxylic acids is 1. The predicted molar refractivity (Wildman–Crippen MR) is 141 cm³/mol. The maximum atomic E-state index is 11.7. The highest BCUT2D eigenvalue weighted by Crippen LogP contribution is 2.43. The van der Waals surface area contributed by atoms with E-state index in [4.69, 9.17) is 5.73 Å². The summed E-state index contributed by atoms with van der Waals surface area (Å²) < 4.78 is 2.00. The number of nitrogens with zero attached hydrogens (tertiary/aromatic N) is 3. The van der Waals surface area contributed by atoms with E-state index in [-0.39, 0.29) is 5.91 Å². The van der Waals surface area contributed by atoms with Crippen LogP contribution in [-0.4, -0.2) is 21.5 Å². The van der Waals surface area contributed by atoms with E-state index in [1.165, 1.54) is 31.5 Å². The van der Waals surface area contributed by atoms with Crippen LogP contribution in [0.4, 0.5) is 17.2 Å². The van der Waals surface area contributed by atoms with Gasteiger partial charge in [-0.05, 0) is 60.7 Å². The third kappa shape index (κ3) is 4.00. The van der Waals surface area contributed by atoms with Crippen molar-refractivity contribution in [3.8, 4) is 28.5 Å². The molecule has 0 saturated heterocycles. The van der Waals surface area contributed by atoms with Gasteiger partial charge < -0.3 is 20.9 Å². The summed E-state index contributed by atoms with van der Waals surface area (Å²) in [5.41, 5.74) is 13.1. The molecule has 0 bridgehead atoms. The number of nitrogens with two attached hydrogens (primary N) is 1. The summed E-state index contributed by atoms with van der Waals surface area (Å²) in [6.07, 6.45) is 6.44. The summed E-state index contributed by atoms with van der Waals surface area (Å²) >= 11 is 0. The van der Waals surface area contributed by atoms with Gasteiger partial charge in [0.1, 0.15) is 11.9 Å². The van der Waals surface area contributed by atoms with Gasteiger partial charge in [0, 0.05) is 36.2 Å². The number of nitrogens with one attached hydrogen (secondary N) is 2. The maximum absolute atomic E-state index is 11.7. The Bertz CT molecular complexity index is 1470. The molecule has 7 nitrogen and oxygen atoms in total. The van der Waals surface area contributed by atoms with Crippen LogP contribution >= 0.6 is 0 Å². The molecular formula is C28H26N6O. The van der Waals surface area contributed by atoms with Gasteiger partial charge in [0.05, 0.1) is 22.2 Å². The van der Waals surface area contributed by atoms with Crippen molar-refractivity contribution in [2.75, 3.05) is 16.4 Å². The van der Waals surface area contributed by atoms with Gasteiger partial charge in [0.2, 0.25) is 5.91 Å². The third-order valence-corrected chi connectivity index (χ3v) is 6.62. The van der Waals surface area contributed by atoms with Gasteiger partial charge in [-0.15, -0.1) is 0 Å². The number of aryl methyl sites for hydroxylation is 1. The van der Waals surface area contributed by atoms with Gasteiger partial charge in [0.25, 0.3) is 0 Å². The lowest BCUT2D eigenvalue weighted by Crippen LogP contribution is -2.26. The van der Waals surface area contributed by atoms with Crippen LogP contribution in [-0.2, 0) is 11.8 Å². The smallest absolute Gasteiger partial charge is 0.247 e. The van der Waals surface area contributed by atoms with Crippen LogP contribution in [0, 0.1) is 11.3 Å². The number of carbonyl (C=O) groups is 1. The number of aromatic nitrogens is 2. The number of amides is 1. The molecule has 4 N–H and O–H groups in total. The Morgan fingerprint density at radius 2 is 1.80 bits per heavy atom. The molecule has 5 rings (SSSR count). The van der Waals surface area contributed by atoms with Gasteiger partial charge in [-0.3, -0.25) is 4.79 Å². The van der Waals surface area contributed by atoms with Gasteiger partial charge in [-0.25, -0.2) is 4.98 Å². The first-order valence-electron chi connectivity index (χ1n) is 11.6. The van der Waals surface area contributed by atoms with Gasteiger partial charge in [0.15, 0.2) is 0 Å². The van der Waals surface area contributed by atoms with Crippen LogP contribution in [0.15, 0.2) is 67.4 Å². The minimum Gasteiger partial charge on any atom is -0.383 e. The molecule has 1 aliphatic rings. The van der Waals surface area contributed by atoms with E-state index in [0.29, 0.717) is 23.1 Å². The largest absolute Gasteiger partial charge is 0.383 e. The molecule has 1 aliphatic carbocycles. The van der Waals surface area contributed by atoms with Crippen molar-refractivity contribution in [1.82, 2.24) is 9.55 Å². The quantitative estimate of drug-likeness (QED) is 0.330. The summed E-state index contributed by atoms with van der Waals surface area (Å²) in [7, 11) is 1.93. The highest BCUT2D eigenvalue weighted by Gasteiger charge is 2.23. The summed E-state index contributed by atoms with van der Waals surface area (Å²) in [5.74, 6) is 0.110. The molecule has 35 heavy (non-hydrogen) atoms. The van der Waals surface area contributed by atoms with Gasteiger partial charge >= 0.3 is 0 Å². The molecule has 4 aromatic rings. The number of pyridine rings is 1. The van der Waals surface area contributed by atoms with E-state index in [2.05, 4.69) is 52.5 Å². The van der Waals surface area contributed by atoms with Crippen molar-refractivity contribution in [2.24, 2.45) is 7.05 Å². The summed E-state index contributed by atoms with van der Waals surface area (Å²) in [6, 6.07) is 18.7. The monoisotopic (exact) mass is 462 g/mol. The molecule has 0 aliphatic heterocycles. The molecule has 0 atom stereocenters. The highest BCUT2D eigenvalue weighted by molar-refractivity contribution is 6.11. The fraction of sp³-hybridized carbons (Fsp3) is 0.179. The zero-order valence-electron chi connectivity index (χ0n) is 19.5. The third-order valence-electron chi connectivity index (χ3n) is 6.62. The summed E-state index contributed by atoms with van der Waals surface area (Å²) in [5, 5.41) is 16.9. The Kier molecular flexibility index (Phi) is 5.71. The fourth-order valence-electron chi connectivity index (χ4n) is 4.64. The number of hydrogen-bond donors (Lipinski definition) is 3. The van der Waals surface area contributed by atoms with E-state index in [0.717, 1.165) is 39.0 Å². The number of nitrogen functional groups attached to an aromatic ring is 1. The standard InChI is InChI=1S/C28H26N6O/c1-3-23(35)33-22-13-9-18(10-14-22)26-24(17-7-11-21(12-8-17)32-20-5-4-6-20)25-27(34(26)2)19(15-29)16-31-28(25)30/h3,7-14,16,20,32H,1,4-6H2,2H3,(H2,30,31)(H,33,35). The Balaban J connectivity index is 1.67. The lowest BCUT2D eigenvalue weighted by molar-refractivity contribution is -0.111. The van der Waals surface area contributed by atoms with Crippen LogP contribution in [0.25, 0.3) is 33.3 Å². The van der Waals surface area contributed by atoms with E-state index >= 15 is 0 Å². The van der Waals surface area contributed by atoms with Crippen LogP contribution in [0.5, 0.6) is 0 Å². The second-order valence-electron chi connectivity index (χ2n) is 8.80. The average molecular weight is 463 g/mol. The molecule has 174 valence electrons. The zero-order chi connectivity index (χ0) is 24.5. The van der Waals surface area contributed by atoms with Gasteiger partial charge in [-0.2, -0.15) is 5.26 Å². The molecule has 2 aromatic carbocycles. The first-order valence-corrected chi connectivity index (χ1v) is 11.6. The molecule has 0 spiro atoms. The molecule has 0 unspecified atom stereocenters. The van der Waals surface area contributed by atoms with E-state index in [9.17, 15) is 10.1 Å². The Morgan fingerprint density at radius 1 is 1.14 bits per heavy atom. The van der Waals surface area contributed by atoms with Crippen molar-refractivity contribution in [2.45, 2.75) is 25.3 Å². The molecular weight excluding hydrogens is 436 g/mol. The molecule has 1 saturated carbocycles. The van der Waals surface area contributed by atoms with E-state index in [1.807, 2.05) is 35.9 Å². The van der Waals surface area contributed by atoms with Crippen molar-refractivity contribution in [3.05, 3.63) is 72.9 Å². The molecule has 2 aromatic heterocycles. The van der Waals surface area contributed by atoms with Crippen molar-refractivity contribution in [3.63, 3.8) is 0 Å². The van der Waals surface area contributed by atoms with Crippen molar-refractivity contribution >= 4 is 34.0 Å². The molecule has 1 amide bonds. The average Bonchev–Trinajstić information content (AvgIpc) is 3.16. The van der Waals surface area contributed by atoms with E-state index in [1.54, 1.807) is 0 Å². The normalized spacial score (nSPS) is 13.1. The topological polar surface area (TPSA) is 109 Å². The summed E-state index contributed by atoms with van der Waals surface area (Å²) in [4.78, 5) is 16.0. The second kappa shape index (κ2) is 8.99. The molecule has 2 heterocycles. The zero-order valence-corrected chi connectivity index (χ0v) is 19.5. The number of anilines is 3. The van der Waals surface area contributed by atoms with Crippen molar-refractivity contribution < 1.29 is 4.79 Å². The maximum Gasteiger partial charge on any atom is 0.247 e. The Morgan fingerprint density at radius 3 is 2.40 bits per heavy atom. The van der Waals surface area contributed by atoms with Crippen LogP contribution in [0.3, 0.4) is 0 Å². The number of hydrogen-bond acceptors (Lipinski definition) is 5. The van der Waals surface area contributed by atoms with Crippen LogP contribution < -0.4 is 16.4 Å². The predicted octanol–water partition coefficient (Wildman–Crippen LogP) is 5.45. The Labute approximate surface area is 203 Å². The van der Waals surface area contributed by atoms with Crippen LogP contribution in [0.1, 0.15) is 24.8 Å². The lowest BCUT2D eigenvalue weighted by atomic mass is 9.92. The number of benzene rings is 2. The minimum atomic E-state index is -0.267. The number of rotatable bonds is 6. The van der Waals surface area contributed by atoms with Crippen molar-refractivity contribution in [1.29, 1.82) is 5.26 Å². The molecule has 0 radical (unpaired) electrons. The molecule has 7 heteroatoms. The van der Waals surface area contributed by atoms with Gasteiger partial charge in [-0.1, -0.05) is 30.8 Å². The second-order valence-corrected chi connectivity index (χ2v) is 8.80. The van der Waals surface area contributed by atoms with E-state index < -0.39 is 0 Å². The first kappa shape index (κ1) is 22.2.